The van der Waals surface area contributed by atoms with Gasteiger partial charge in [0.15, 0.2) is 0 Å². The van der Waals surface area contributed by atoms with Gasteiger partial charge >= 0.3 is 0 Å². The SMILES string of the molecule is CN=C(/N=C\C(C)=C\c1c[nH]c2c(NC)cccc12)/N=C(N)\C=C(\C)NC. The first-order valence-electron chi connectivity index (χ1n) is 8.65. The van der Waals surface area contributed by atoms with Gasteiger partial charge in [0.25, 0.3) is 0 Å². The number of nitrogens with one attached hydrogen (secondary N) is 3. The van der Waals surface area contributed by atoms with E-state index in [-0.39, 0.29) is 0 Å². The van der Waals surface area contributed by atoms with Crippen LogP contribution in [0.3, 0.4) is 0 Å². The van der Waals surface area contributed by atoms with Gasteiger partial charge in [-0.25, -0.2) is 4.99 Å². The number of anilines is 1. The number of aromatic amines is 1. The second kappa shape index (κ2) is 9.38. The maximum atomic E-state index is 5.89. The van der Waals surface area contributed by atoms with Gasteiger partial charge in [0.05, 0.1) is 11.2 Å². The summed E-state index contributed by atoms with van der Waals surface area (Å²) >= 11 is 0. The van der Waals surface area contributed by atoms with Crippen LogP contribution in [-0.4, -0.2) is 44.1 Å². The third kappa shape index (κ3) is 5.31. The number of hydrogen-bond acceptors (Lipinski definition) is 3. The standard InChI is InChI=1S/C20H27N7/c1-13(11-26-20(24-5)27-18(21)10-14(2)22-3)9-15-12-25-19-16(15)7-6-8-17(19)23-4/h6-12,22-23,25H,1-5H3,(H2,21,24,27)/b13-9+,14-10-,26-11-. The lowest BCUT2D eigenvalue weighted by atomic mass is 10.1. The number of fused-ring (bicyclic) bond motifs is 1. The van der Waals surface area contributed by atoms with Gasteiger partial charge in [-0.15, -0.1) is 0 Å². The molecule has 0 aliphatic carbocycles. The molecule has 1 aromatic heterocycles. The highest BCUT2D eigenvalue weighted by atomic mass is 15.1. The van der Waals surface area contributed by atoms with Crippen molar-refractivity contribution < 1.29 is 0 Å². The molecule has 0 amide bonds. The van der Waals surface area contributed by atoms with Crippen LogP contribution in [0, 0.1) is 0 Å². The van der Waals surface area contributed by atoms with Gasteiger partial charge in [-0.05, 0) is 37.6 Å². The number of rotatable bonds is 5. The van der Waals surface area contributed by atoms with Crippen molar-refractivity contribution in [2.45, 2.75) is 13.8 Å². The van der Waals surface area contributed by atoms with Gasteiger partial charge in [-0.3, -0.25) is 4.99 Å². The number of aromatic nitrogens is 1. The predicted octanol–water partition coefficient (Wildman–Crippen LogP) is 3.15. The Morgan fingerprint density at radius 2 is 2.00 bits per heavy atom. The molecule has 0 spiro atoms. The largest absolute Gasteiger partial charge is 0.392 e. The molecule has 0 unspecified atom stereocenters. The Kier molecular flexibility index (Phi) is 6.93. The predicted molar refractivity (Wildman–Crippen MR) is 118 cm³/mol. The van der Waals surface area contributed by atoms with Crippen molar-refractivity contribution in [1.29, 1.82) is 0 Å². The number of nitrogens with zero attached hydrogens (tertiary/aromatic N) is 3. The quantitative estimate of drug-likeness (QED) is 0.483. The number of aliphatic imine (C=N–C) groups is 3. The third-order valence-electron chi connectivity index (χ3n) is 3.97. The number of H-pyrrole nitrogens is 1. The van der Waals surface area contributed by atoms with Crippen LogP contribution >= 0.6 is 0 Å². The normalized spacial score (nSPS) is 14.3. The van der Waals surface area contributed by atoms with Crippen LogP contribution in [0.15, 0.2) is 56.7 Å². The van der Waals surface area contributed by atoms with Crippen LogP contribution in [0.2, 0.25) is 0 Å². The van der Waals surface area contributed by atoms with Crippen molar-refractivity contribution in [2.75, 3.05) is 26.5 Å². The summed E-state index contributed by atoms with van der Waals surface area (Å²) in [4.78, 5) is 15.9. The molecule has 0 saturated carbocycles. The van der Waals surface area contributed by atoms with E-state index in [9.17, 15) is 0 Å². The van der Waals surface area contributed by atoms with Crippen molar-refractivity contribution in [3.05, 3.63) is 47.3 Å². The number of amidine groups is 1. The molecule has 0 bridgehead atoms. The Hall–Kier alpha value is -3.35. The summed E-state index contributed by atoms with van der Waals surface area (Å²) in [6.07, 6.45) is 7.51. The number of guanidine groups is 1. The molecule has 0 radical (unpaired) electrons. The molecule has 2 aromatic rings. The van der Waals surface area contributed by atoms with Gasteiger partial charge in [0, 0.05) is 50.2 Å². The first kappa shape index (κ1) is 20.0. The Morgan fingerprint density at radius 3 is 2.67 bits per heavy atom. The summed E-state index contributed by atoms with van der Waals surface area (Å²) in [6, 6.07) is 6.16. The van der Waals surface area contributed by atoms with E-state index < -0.39 is 0 Å². The lowest BCUT2D eigenvalue weighted by Gasteiger charge is -2.01. The van der Waals surface area contributed by atoms with Gasteiger partial charge in [0.1, 0.15) is 5.84 Å². The van der Waals surface area contributed by atoms with Crippen molar-refractivity contribution in [2.24, 2.45) is 20.7 Å². The first-order chi connectivity index (χ1) is 13.0. The van der Waals surface area contributed by atoms with Crippen molar-refractivity contribution in [3.8, 4) is 0 Å². The molecule has 7 heteroatoms. The maximum Gasteiger partial charge on any atom is 0.246 e. The topological polar surface area (TPSA) is 103 Å². The van der Waals surface area contributed by atoms with E-state index in [4.69, 9.17) is 5.73 Å². The summed E-state index contributed by atoms with van der Waals surface area (Å²) in [5.74, 6) is 0.661. The summed E-state index contributed by atoms with van der Waals surface area (Å²) in [7, 11) is 5.37. The van der Waals surface area contributed by atoms with Gasteiger partial charge in [-0.2, -0.15) is 4.99 Å². The van der Waals surface area contributed by atoms with E-state index in [1.54, 1.807) is 19.3 Å². The molecule has 1 heterocycles. The van der Waals surface area contributed by atoms with Crippen LogP contribution in [0.25, 0.3) is 17.0 Å². The lowest BCUT2D eigenvalue weighted by Crippen LogP contribution is -2.14. The molecular formula is C20H27N7. The smallest absolute Gasteiger partial charge is 0.246 e. The summed E-state index contributed by atoms with van der Waals surface area (Å²) in [5.41, 5.74) is 11.0. The van der Waals surface area contributed by atoms with E-state index in [1.165, 1.54) is 0 Å². The van der Waals surface area contributed by atoms with Crippen LogP contribution < -0.4 is 16.4 Å². The molecule has 7 nitrogen and oxygen atoms in total. The minimum Gasteiger partial charge on any atom is -0.392 e. The number of nitrogens with two attached hydrogens (primary N) is 1. The molecule has 142 valence electrons. The van der Waals surface area contributed by atoms with Gasteiger partial charge in [-0.1, -0.05) is 12.1 Å². The van der Waals surface area contributed by atoms with Crippen LogP contribution in [0.1, 0.15) is 19.4 Å². The zero-order chi connectivity index (χ0) is 19.8. The van der Waals surface area contributed by atoms with Crippen molar-refractivity contribution in [1.82, 2.24) is 10.3 Å². The molecule has 0 saturated heterocycles. The molecule has 27 heavy (non-hydrogen) atoms. The summed E-state index contributed by atoms with van der Waals surface area (Å²) in [6.45, 7) is 3.89. The summed E-state index contributed by atoms with van der Waals surface area (Å²) < 4.78 is 0. The van der Waals surface area contributed by atoms with Crippen molar-refractivity contribution in [3.63, 3.8) is 0 Å². The van der Waals surface area contributed by atoms with Gasteiger partial charge in [0.2, 0.25) is 5.96 Å². The Balaban J connectivity index is 2.23. The molecular weight excluding hydrogens is 338 g/mol. The average molecular weight is 365 g/mol. The number of para-hydroxylation sites is 1. The monoisotopic (exact) mass is 365 g/mol. The molecule has 1 aromatic carbocycles. The fourth-order valence-corrected chi connectivity index (χ4v) is 2.52. The maximum absolute atomic E-state index is 5.89. The number of hydrogen-bond donors (Lipinski definition) is 4. The summed E-state index contributed by atoms with van der Waals surface area (Å²) in [5, 5.41) is 7.33. The highest BCUT2D eigenvalue weighted by Gasteiger charge is 2.04. The Labute approximate surface area is 159 Å². The molecule has 0 fully saturated rings. The second-order valence-corrected chi connectivity index (χ2v) is 6.01. The molecule has 0 aliphatic heterocycles. The Bertz CT molecular complexity index is 942. The molecule has 2 rings (SSSR count). The highest BCUT2D eigenvalue weighted by Crippen LogP contribution is 2.26. The van der Waals surface area contributed by atoms with Crippen LogP contribution in [0.4, 0.5) is 5.69 Å². The fourth-order valence-electron chi connectivity index (χ4n) is 2.52. The highest BCUT2D eigenvalue weighted by molar-refractivity contribution is 6.05. The average Bonchev–Trinajstić information content (AvgIpc) is 3.07. The first-order valence-corrected chi connectivity index (χ1v) is 8.65. The zero-order valence-electron chi connectivity index (χ0n) is 16.5. The van der Waals surface area contributed by atoms with E-state index in [0.717, 1.165) is 33.4 Å². The Morgan fingerprint density at radius 1 is 1.22 bits per heavy atom. The van der Waals surface area contributed by atoms with Crippen LogP contribution in [-0.2, 0) is 0 Å². The zero-order valence-corrected chi connectivity index (χ0v) is 16.5. The van der Waals surface area contributed by atoms with E-state index in [0.29, 0.717) is 11.8 Å². The van der Waals surface area contributed by atoms with Crippen LogP contribution in [0.5, 0.6) is 0 Å². The third-order valence-corrected chi connectivity index (χ3v) is 3.97. The van der Waals surface area contributed by atoms with E-state index in [2.05, 4.69) is 42.7 Å². The van der Waals surface area contributed by atoms with E-state index >= 15 is 0 Å². The lowest BCUT2D eigenvalue weighted by molar-refractivity contribution is 0.992. The minimum absolute atomic E-state index is 0.316. The minimum atomic E-state index is 0.316. The van der Waals surface area contributed by atoms with E-state index in [1.807, 2.05) is 46.3 Å². The molecule has 0 aliphatic rings. The number of benzene rings is 1. The molecule has 0 atom stereocenters. The fraction of sp³-hybridized carbons (Fsp3) is 0.250. The number of allylic oxidation sites excluding steroid dienone is 2. The van der Waals surface area contributed by atoms with Gasteiger partial charge < -0.3 is 21.4 Å². The van der Waals surface area contributed by atoms with Crippen molar-refractivity contribution >= 4 is 40.7 Å². The molecule has 5 N–H and O–H groups in total. The second-order valence-electron chi connectivity index (χ2n) is 6.01.